The fourth-order valence-corrected chi connectivity index (χ4v) is 0.994. The first kappa shape index (κ1) is 7.88. The summed E-state index contributed by atoms with van der Waals surface area (Å²) in [5.74, 6) is 0. The average molecular weight is 168 g/mol. The molecule has 0 aliphatic heterocycles. The van der Waals surface area contributed by atoms with Gasteiger partial charge in [0, 0.05) is 4.24 Å². The summed E-state index contributed by atoms with van der Waals surface area (Å²) in [7, 11) is 0. The predicted octanol–water partition coefficient (Wildman–Crippen LogP) is 1.94. The molecule has 0 nitrogen and oxygen atoms in total. The van der Waals surface area contributed by atoms with Crippen molar-refractivity contribution in [2.24, 2.45) is 0 Å². The normalized spacial score (nSPS) is 7.86. The molecular formula is C3H4S4. The molecule has 0 N–H and O–H groups in total. The molecule has 0 aromatic heterocycles. The van der Waals surface area contributed by atoms with Gasteiger partial charge < -0.3 is 0 Å². The van der Waals surface area contributed by atoms with Gasteiger partial charge in [-0.05, 0) is 6.08 Å². The first-order chi connectivity index (χ1) is 3.13. The Morgan fingerprint density at radius 2 is 1.71 bits per heavy atom. The van der Waals surface area contributed by atoms with E-state index in [1.165, 1.54) is 0 Å². The number of rotatable bonds is 1. The highest BCUT2D eigenvalue weighted by atomic mass is 32.2. The second-order valence-corrected chi connectivity index (χ2v) is 3.38. The molecule has 40 valence electrons. The van der Waals surface area contributed by atoms with Crippen LogP contribution in [-0.4, -0.2) is 4.20 Å². The molecular weight excluding hydrogens is 164 g/mol. The first-order valence-corrected chi connectivity index (χ1v) is 3.20. The van der Waals surface area contributed by atoms with Crippen LogP contribution in [0.15, 0.2) is 10.3 Å². The van der Waals surface area contributed by atoms with Gasteiger partial charge in [-0.1, -0.05) is 12.2 Å². The van der Waals surface area contributed by atoms with Crippen molar-refractivity contribution in [3.63, 3.8) is 0 Å². The van der Waals surface area contributed by atoms with E-state index in [-0.39, 0.29) is 0 Å². The maximum Gasteiger partial charge on any atom is 0.0691 e. The van der Waals surface area contributed by atoms with Gasteiger partial charge in [0.15, 0.2) is 0 Å². The maximum absolute atomic E-state index is 4.56. The Bertz CT molecular complexity index is 99.5. The number of thiocarbonyl (C=S) groups is 1. The first-order valence-electron chi connectivity index (χ1n) is 1.45. The van der Waals surface area contributed by atoms with Crippen LogP contribution in [0.1, 0.15) is 0 Å². The van der Waals surface area contributed by atoms with Crippen LogP contribution < -0.4 is 0 Å². The standard InChI is InChI=1S/C3H4S4/c4-2(5)1-3(6)7/h1,4-5H,(H,6,7). The summed E-state index contributed by atoms with van der Waals surface area (Å²) in [6, 6.07) is 0. The van der Waals surface area contributed by atoms with Gasteiger partial charge in [0.1, 0.15) is 0 Å². The van der Waals surface area contributed by atoms with Crippen LogP contribution in [0.5, 0.6) is 0 Å². The minimum absolute atomic E-state index is 0.500. The van der Waals surface area contributed by atoms with Crippen molar-refractivity contribution in [1.29, 1.82) is 0 Å². The summed E-state index contributed by atoms with van der Waals surface area (Å²) in [4.78, 5) is 0. The van der Waals surface area contributed by atoms with Crippen molar-refractivity contribution in [3.8, 4) is 0 Å². The van der Waals surface area contributed by atoms with Crippen molar-refractivity contribution in [2.75, 3.05) is 0 Å². The van der Waals surface area contributed by atoms with Crippen molar-refractivity contribution in [1.82, 2.24) is 0 Å². The summed E-state index contributed by atoms with van der Waals surface area (Å²) in [5, 5.41) is 0. The lowest BCUT2D eigenvalue weighted by Crippen LogP contribution is -1.68. The number of hydrogen-bond donors (Lipinski definition) is 3. The van der Waals surface area contributed by atoms with Crippen LogP contribution in [0.4, 0.5) is 0 Å². The molecule has 4 heteroatoms. The smallest absolute Gasteiger partial charge is 0.0691 e. The van der Waals surface area contributed by atoms with Crippen LogP contribution >= 0.6 is 50.1 Å². The Balaban J connectivity index is 3.68. The van der Waals surface area contributed by atoms with Gasteiger partial charge in [-0.15, -0.1) is 37.9 Å². The lowest BCUT2D eigenvalue weighted by Gasteiger charge is -1.80. The van der Waals surface area contributed by atoms with Crippen LogP contribution in [0.25, 0.3) is 0 Å². The second kappa shape index (κ2) is 3.83. The van der Waals surface area contributed by atoms with E-state index in [4.69, 9.17) is 0 Å². The Kier molecular flexibility index (Phi) is 4.31. The number of thiol groups is 3. The van der Waals surface area contributed by atoms with Gasteiger partial charge in [-0.3, -0.25) is 0 Å². The molecule has 0 bridgehead atoms. The third kappa shape index (κ3) is 6.88. The van der Waals surface area contributed by atoms with E-state index in [1.54, 1.807) is 6.08 Å². The Morgan fingerprint density at radius 1 is 1.29 bits per heavy atom. The minimum Gasteiger partial charge on any atom is -0.137 e. The molecule has 0 aliphatic carbocycles. The highest BCUT2D eigenvalue weighted by molar-refractivity contribution is 8.12. The molecule has 7 heavy (non-hydrogen) atoms. The molecule has 0 aromatic carbocycles. The molecule has 0 unspecified atom stereocenters. The summed E-state index contributed by atoms with van der Waals surface area (Å²) in [6.07, 6.45) is 1.57. The van der Waals surface area contributed by atoms with Gasteiger partial charge in [0.05, 0.1) is 4.20 Å². The van der Waals surface area contributed by atoms with Crippen LogP contribution in [-0.2, 0) is 0 Å². The van der Waals surface area contributed by atoms with Gasteiger partial charge >= 0.3 is 0 Å². The Labute approximate surface area is 64.6 Å². The highest BCUT2D eigenvalue weighted by Gasteiger charge is 1.78. The molecule has 0 spiro atoms. The third-order valence-corrected chi connectivity index (χ3v) is 0.758. The fraction of sp³-hybridized carbons (Fsp3) is 0. The van der Waals surface area contributed by atoms with Crippen LogP contribution in [0.2, 0.25) is 0 Å². The van der Waals surface area contributed by atoms with Crippen LogP contribution in [0, 0.1) is 0 Å². The Morgan fingerprint density at radius 3 is 1.71 bits per heavy atom. The van der Waals surface area contributed by atoms with E-state index in [0.717, 1.165) is 0 Å². The SMILES string of the molecule is S=C(S)C=C(S)S. The molecule has 0 amide bonds. The van der Waals surface area contributed by atoms with Crippen molar-refractivity contribution >= 4 is 54.3 Å². The van der Waals surface area contributed by atoms with E-state index in [0.29, 0.717) is 8.43 Å². The van der Waals surface area contributed by atoms with Gasteiger partial charge in [0.25, 0.3) is 0 Å². The lowest BCUT2D eigenvalue weighted by atomic mass is 10.7. The van der Waals surface area contributed by atoms with E-state index in [2.05, 4.69) is 50.1 Å². The van der Waals surface area contributed by atoms with Crippen LogP contribution in [0.3, 0.4) is 0 Å². The molecule has 0 rings (SSSR count). The third-order valence-electron chi connectivity index (χ3n) is 0.253. The van der Waals surface area contributed by atoms with Crippen molar-refractivity contribution < 1.29 is 0 Å². The van der Waals surface area contributed by atoms with E-state index in [1.807, 2.05) is 0 Å². The molecule has 0 fully saturated rings. The summed E-state index contributed by atoms with van der Waals surface area (Å²) >= 11 is 16.0. The van der Waals surface area contributed by atoms with Gasteiger partial charge in [-0.25, -0.2) is 0 Å². The zero-order valence-electron chi connectivity index (χ0n) is 3.33. The topological polar surface area (TPSA) is 0 Å². The summed E-state index contributed by atoms with van der Waals surface area (Å²) < 4.78 is 1.08. The Hall–Kier alpha value is 0.880. The molecule has 0 saturated carbocycles. The quantitative estimate of drug-likeness (QED) is 0.306. The minimum atomic E-state index is 0.500. The van der Waals surface area contributed by atoms with E-state index >= 15 is 0 Å². The molecule has 0 atom stereocenters. The van der Waals surface area contributed by atoms with Gasteiger partial charge in [-0.2, -0.15) is 0 Å². The average Bonchev–Trinajstić information content (AvgIpc) is 1.27. The van der Waals surface area contributed by atoms with E-state index < -0.39 is 0 Å². The zero-order valence-corrected chi connectivity index (χ0v) is 6.83. The number of hydrogen-bond acceptors (Lipinski definition) is 3. The zero-order chi connectivity index (χ0) is 5.86. The van der Waals surface area contributed by atoms with Gasteiger partial charge in [0.2, 0.25) is 0 Å². The monoisotopic (exact) mass is 168 g/mol. The summed E-state index contributed by atoms with van der Waals surface area (Å²) in [6.45, 7) is 0. The fourth-order valence-electron chi connectivity index (χ4n) is 0.110. The summed E-state index contributed by atoms with van der Waals surface area (Å²) in [5.41, 5.74) is 0. The largest absolute Gasteiger partial charge is 0.137 e. The molecule has 0 saturated heterocycles. The van der Waals surface area contributed by atoms with Crippen molar-refractivity contribution in [2.45, 2.75) is 0 Å². The highest BCUT2D eigenvalue weighted by Crippen LogP contribution is 2.05. The van der Waals surface area contributed by atoms with E-state index in [9.17, 15) is 0 Å². The maximum atomic E-state index is 4.56. The second-order valence-electron chi connectivity index (χ2n) is 0.841. The lowest BCUT2D eigenvalue weighted by molar-refractivity contribution is 2.40. The molecule has 0 aromatic rings. The molecule has 0 heterocycles. The molecule has 0 aliphatic rings. The molecule has 0 radical (unpaired) electrons. The van der Waals surface area contributed by atoms with Crippen molar-refractivity contribution in [3.05, 3.63) is 10.3 Å². The predicted molar refractivity (Wildman–Crippen MR) is 47.6 cm³/mol.